The summed E-state index contributed by atoms with van der Waals surface area (Å²) in [5.74, 6) is -0.192. The summed E-state index contributed by atoms with van der Waals surface area (Å²) in [5.41, 5.74) is 0. The molecule has 0 unspecified atom stereocenters. The molecule has 0 radical (unpaired) electrons. The standard InChI is InChI=1S/C15H26N4O3/c1-10(2)18-8-11(6-13(18)14(20)22-3)19-9-12-7-16-4-5-17(12)15(19)21/h10-13,16H,4-9H2,1-3H3/t11-,12-,13-/m0/s1. The van der Waals surface area contributed by atoms with Crippen LogP contribution in [0.2, 0.25) is 0 Å². The van der Waals surface area contributed by atoms with Gasteiger partial charge in [0, 0.05) is 44.8 Å². The predicted molar refractivity (Wildman–Crippen MR) is 81.5 cm³/mol. The summed E-state index contributed by atoms with van der Waals surface area (Å²) in [6, 6.07) is 0.524. The van der Waals surface area contributed by atoms with Crippen molar-refractivity contribution in [3.63, 3.8) is 0 Å². The first-order chi connectivity index (χ1) is 10.5. The normalized spacial score (nSPS) is 32.7. The van der Waals surface area contributed by atoms with Crippen LogP contribution in [0.4, 0.5) is 4.79 Å². The average Bonchev–Trinajstić information content (AvgIpc) is 3.09. The molecule has 0 bridgehead atoms. The van der Waals surface area contributed by atoms with Crippen molar-refractivity contribution in [2.75, 3.05) is 39.8 Å². The Hall–Kier alpha value is -1.34. The van der Waals surface area contributed by atoms with Gasteiger partial charge < -0.3 is 19.9 Å². The van der Waals surface area contributed by atoms with Crippen LogP contribution < -0.4 is 5.32 Å². The zero-order chi connectivity index (χ0) is 15.9. The summed E-state index contributed by atoms with van der Waals surface area (Å²) in [5, 5.41) is 3.35. The Morgan fingerprint density at radius 2 is 2.05 bits per heavy atom. The molecule has 2 amide bonds. The summed E-state index contributed by atoms with van der Waals surface area (Å²) in [4.78, 5) is 30.8. The number of piperazine rings is 1. The van der Waals surface area contributed by atoms with Gasteiger partial charge in [-0.1, -0.05) is 0 Å². The molecular formula is C15H26N4O3. The third-order valence-corrected chi connectivity index (χ3v) is 5.14. The third kappa shape index (κ3) is 2.56. The van der Waals surface area contributed by atoms with E-state index in [1.165, 1.54) is 7.11 Å². The molecule has 124 valence electrons. The van der Waals surface area contributed by atoms with E-state index < -0.39 is 0 Å². The van der Waals surface area contributed by atoms with E-state index >= 15 is 0 Å². The van der Waals surface area contributed by atoms with E-state index in [0.717, 1.165) is 32.7 Å². The number of ether oxygens (including phenoxy) is 1. The van der Waals surface area contributed by atoms with E-state index in [-0.39, 0.29) is 36.2 Å². The summed E-state index contributed by atoms with van der Waals surface area (Å²) in [6.07, 6.45) is 0.671. The van der Waals surface area contributed by atoms with E-state index in [4.69, 9.17) is 4.74 Å². The maximum atomic E-state index is 12.6. The second kappa shape index (κ2) is 6.04. The number of amides is 2. The first-order valence-corrected chi connectivity index (χ1v) is 8.14. The number of methoxy groups -OCH3 is 1. The predicted octanol–water partition coefficient (Wildman–Crippen LogP) is -0.280. The van der Waals surface area contributed by atoms with Crippen LogP contribution in [0.3, 0.4) is 0 Å². The lowest BCUT2D eigenvalue weighted by Gasteiger charge is -2.28. The van der Waals surface area contributed by atoms with E-state index in [1.54, 1.807) is 0 Å². The van der Waals surface area contributed by atoms with Crippen molar-refractivity contribution in [1.82, 2.24) is 20.0 Å². The van der Waals surface area contributed by atoms with Crippen molar-refractivity contribution in [2.24, 2.45) is 0 Å². The molecule has 3 aliphatic rings. The lowest BCUT2D eigenvalue weighted by Crippen LogP contribution is -2.50. The Kier molecular flexibility index (Phi) is 4.27. The highest BCUT2D eigenvalue weighted by Crippen LogP contribution is 2.29. The number of fused-ring (bicyclic) bond motifs is 1. The molecule has 0 aromatic heterocycles. The summed E-state index contributed by atoms with van der Waals surface area (Å²) >= 11 is 0. The molecule has 0 aliphatic carbocycles. The highest BCUT2D eigenvalue weighted by molar-refractivity contribution is 5.79. The summed E-state index contributed by atoms with van der Waals surface area (Å²) in [7, 11) is 1.43. The van der Waals surface area contributed by atoms with E-state index in [9.17, 15) is 9.59 Å². The molecule has 3 fully saturated rings. The van der Waals surface area contributed by atoms with Gasteiger partial charge in [-0.2, -0.15) is 0 Å². The lowest BCUT2D eigenvalue weighted by atomic mass is 10.1. The van der Waals surface area contributed by atoms with Crippen molar-refractivity contribution in [2.45, 2.75) is 44.4 Å². The Morgan fingerprint density at radius 1 is 1.27 bits per heavy atom. The minimum Gasteiger partial charge on any atom is -0.468 e. The molecular weight excluding hydrogens is 284 g/mol. The topological polar surface area (TPSA) is 65.1 Å². The highest BCUT2D eigenvalue weighted by atomic mass is 16.5. The number of nitrogens with zero attached hydrogens (tertiary/aromatic N) is 3. The van der Waals surface area contributed by atoms with E-state index in [0.29, 0.717) is 6.42 Å². The molecule has 3 saturated heterocycles. The summed E-state index contributed by atoms with van der Waals surface area (Å²) in [6.45, 7) is 8.18. The molecule has 3 atom stereocenters. The largest absolute Gasteiger partial charge is 0.468 e. The zero-order valence-electron chi connectivity index (χ0n) is 13.6. The first-order valence-electron chi connectivity index (χ1n) is 8.14. The van der Waals surface area contributed by atoms with Gasteiger partial charge in [-0.25, -0.2) is 4.79 Å². The maximum absolute atomic E-state index is 12.6. The third-order valence-electron chi connectivity index (χ3n) is 5.14. The second-order valence-electron chi connectivity index (χ2n) is 6.71. The van der Waals surface area contributed by atoms with Crippen LogP contribution in [0.5, 0.6) is 0 Å². The molecule has 3 heterocycles. The van der Waals surface area contributed by atoms with Crippen LogP contribution in [0.25, 0.3) is 0 Å². The van der Waals surface area contributed by atoms with Crippen molar-refractivity contribution < 1.29 is 14.3 Å². The quantitative estimate of drug-likeness (QED) is 0.727. The van der Waals surface area contributed by atoms with Crippen LogP contribution >= 0.6 is 0 Å². The number of esters is 1. The van der Waals surface area contributed by atoms with Crippen LogP contribution in [0, 0.1) is 0 Å². The van der Waals surface area contributed by atoms with Gasteiger partial charge in [-0.05, 0) is 20.3 Å². The Bertz CT molecular complexity index is 456. The van der Waals surface area contributed by atoms with Gasteiger partial charge in [-0.15, -0.1) is 0 Å². The van der Waals surface area contributed by atoms with E-state index in [2.05, 4.69) is 24.1 Å². The number of hydrogen-bond acceptors (Lipinski definition) is 5. The first kappa shape index (κ1) is 15.6. The number of carbonyl (C=O) groups excluding carboxylic acids is 2. The summed E-state index contributed by atoms with van der Waals surface area (Å²) < 4.78 is 4.94. The minimum absolute atomic E-state index is 0.101. The number of nitrogens with one attached hydrogen (secondary N) is 1. The fourth-order valence-electron chi connectivity index (χ4n) is 3.95. The zero-order valence-corrected chi connectivity index (χ0v) is 13.6. The van der Waals surface area contributed by atoms with Crippen LogP contribution in [-0.2, 0) is 9.53 Å². The van der Waals surface area contributed by atoms with Gasteiger partial charge in [-0.3, -0.25) is 9.69 Å². The van der Waals surface area contributed by atoms with Crippen molar-refractivity contribution >= 4 is 12.0 Å². The Morgan fingerprint density at radius 3 is 2.68 bits per heavy atom. The smallest absolute Gasteiger partial charge is 0.323 e. The van der Waals surface area contributed by atoms with Crippen molar-refractivity contribution in [3.8, 4) is 0 Å². The molecule has 1 N–H and O–H groups in total. The molecule has 0 aromatic carbocycles. The van der Waals surface area contributed by atoms with Crippen LogP contribution in [0.1, 0.15) is 20.3 Å². The fourth-order valence-corrected chi connectivity index (χ4v) is 3.95. The fraction of sp³-hybridized carbons (Fsp3) is 0.867. The SMILES string of the molecule is COC(=O)[C@@H]1C[C@H](N2C[C@@H]3CNCCN3C2=O)CN1C(C)C. The number of rotatable bonds is 3. The van der Waals surface area contributed by atoms with E-state index in [1.807, 2.05) is 9.80 Å². The average molecular weight is 310 g/mol. The monoisotopic (exact) mass is 310 g/mol. The Balaban J connectivity index is 1.73. The van der Waals surface area contributed by atoms with Gasteiger partial charge in [0.15, 0.2) is 0 Å². The lowest BCUT2D eigenvalue weighted by molar-refractivity contribution is -0.146. The van der Waals surface area contributed by atoms with Gasteiger partial charge in [0.05, 0.1) is 13.2 Å². The number of carbonyl (C=O) groups is 2. The van der Waals surface area contributed by atoms with Gasteiger partial charge in [0.1, 0.15) is 6.04 Å². The minimum atomic E-state index is -0.237. The molecule has 7 heteroatoms. The molecule has 22 heavy (non-hydrogen) atoms. The number of likely N-dealkylation sites (tertiary alicyclic amines) is 1. The number of urea groups is 1. The van der Waals surface area contributed by atoms with Gasteiger partial charge >= 0.3 is 12.0 Å². The van der Waals surface area contributed by atoms with Gasteiger partial charge in [0.25, 0.3) is 0 Å². The molecule has 0 aromatic rings. The highest BCUT2D eigenvalue weighted by Gasteiger charge is 2.47. The molecule has 7 nitrogen and oxygen atoms in total. The number of hydrogen-bond donors (Lipinski definition) is 1. The van der Waals surface area contributed by atoms with Crippen LogP contribution in [-0.4, -0.2) is 90.7 Å². The molecule has 0 saturated carbocycles. The van der Waals surface area contributed by atoms with Crippen LogP contribution in [0.15, 0.2) is 0 Å². The maximum Gasteiger partial charge on any atom is 0.323 e. The second-order valence-corrected chi connectivity index (χ2v) is 6.71. The van der Waals surface area contributed by atoms with Crippen molar-refractivity contribution in [3.05, 3.63) is 0 Å². The Labute approximate surface area is 131 Å². The van der Waals surface area contributed by atoms with Gasteiger partial charge in [0.2, 0.25) is 0 Å². The molecule has 0 spiro atoms. The molecule has 3 aliphatic heterocycles. The molecule has 3 rings (SSSR count). The van der Waals surface area contributed by atoms with Crippen molar-refractivity contribution in [1.29, 1.82) is 0 Å².